The molecular weight excluding hydrogens is 460 g/mol. The molecule has 2 N–H and O–H groups in total. The van der Waals surface area contributed by atoms with E-state index in [-0.39, 0.29) is 15.1 Å². The molecule has 2 aromatic heterocycles. The number of nitrogens with one attached hydrogen (secondary N) is 2. The van der Waals surface area contributed by atoms with E-state index in [9.17, 15) is 39.6 Å². The predicted octanol–water partition coefficient (Wildman–Crippen LogP) is 3.96. The highest BCUT2D eigenvalue weighted by Crippen LogP contribution is 2.33. The van der Waals surface area contributed by atoms with Crippen molar-refractivity contribution in [3.8, 4) is 0 Å². The molecule has 6 nitrogen and oxygen atoms in total. The SMILES string of the molecule is O=C(NNS(=O)(=O)c1cccc(C(F)(F)F)c1)c1cc2ncc(C(F)(F)F)cc2s1. The van der Waals surface area contributed by atoms with Crippen LogP contribution in [0.5, 0.6) is 0 Å². The van der Waals surface area contributed by atoms with E-state index in [0.717, 1.165) is 24.3 Å². The summed E-state index contributed by atoms with van der Waals surface area (Å²) in [5.74, 6) is -1.03. The molecule has 0 spiro atoms. The molecule has 0 atom stereocenters. The van der Waals surface area contributed by atoms with E-state index in [1.165, 1.54) is 0 Å². The predicted molar refractivity (Wildman–Crippen MR) is 93.9 cm³/mol. The van der Waals surface area contributed by atoms with Gasteiger partial charge >= 0.3 is 12.4 Å². The molecule has 0 bridgehead atoms. The summed E-state index contributed by atoms with van der Waals surface area (Å²) < 4.78 is 101. The number of carbonyl (C=O) groups is 1. The topological polar surface area (TPSA) is 88.2 Å². The van der Waals surface area contributed by atoms with Crippen molar-refractivity contribution >= 4 is 37.5 Å². The molecule has 0 aliphatic rings. The number of halogens is 6. The van der Waals surface area contributed by atoms with Crippen LogP contribution in [0.25, 0.3) is 10.2 Å². The maximum atomic E-state index is 12.7. The Balaban J connectivity index is 1.78. The number of hydrogen-bond donors (Lipinski definition) is 2. The summed E-state index contributed by atoms with van der Waals surface area (Å²) in [7, 11) is -4.54. The van der Waals surface area contributed by atoms with Crippen LogP contribution >= 0.6 is 11.3 Å². The van der Waals surface area contributed by atoms with Crippen molar-refractivity contribution in [2.24, 2.45) is 0 Å². The lowest BCUT2D eigenvalue weighted by molar-refractivity contribution is -0.138. The van der Waals surface area contributed by atoms with Gasteiger partial charge in [0.15, 0.2) is 0 Å². The summed E-state index contributed by atoms with van der Waals surface area (Å²) in [6, 6.07) is 4.78. The highest BCUT2D eigenvalue weighted by molar-refractivity contribution is 7.89. The molecule has 1 aromatic carbocycles. The summed E-state index contributed by atoms with van der Waals surface area (Å²) >= 11 is 0.630. The lowest BCUT2D eigenvalue weighted by atomic mass is 10.2. The van der Waals surface area contributed by atoms with Crippen LogP contribution in [0.1, 0.15) is 20.8 Å². The van der Waals surface area contributed by atoms with Crippen LogP contribution in [-0.2, 0) is 22.4 Å². The first kappa shape index (κ1) is 22.0. The van der Waals surface area contributed by atoms with Gasteiger partial charge in [-0.1, -0.05) is 6.07 Å². The zero-order valence-corrected chi connectivity index (χ0v) is 15.9. The summed E-state index contributed by atoms with van der Waals surface area (Å²) in [5.41, 5.74) is -0.334. The number of carbonyl (C=O) groups excluding carboxylic acids is 1. The maximum absolute atomic E-state index is 12.7. The van der Waals surface area contributed by atoms with E-state index < -0.39 is 44.3 Å². The fourth-order valence-electron chi connectivity index (χ4n) is 2.26. The molecule has 0 radical (unpaired) electrons. The van der Waals surface area contributed by atoms with Gasteiger partial charge in [-0.3, -0.25) is 15.2 Å². The lowest BCUT2D eigenvalue weighted by Gasteiger charge is -2.10. The van der Waals surface area contributed by atoms with Gasteiger partial charge in [0.25, 0.3) is 15.9 Å². The normalized spacial score (nSPS) is 12.9. The minimum Gasteiger partial charge on any atom is -0.273 e. The van der Waals surface area contributed by atoms with E-state index in [4.69, 9.17) is 0 Å². The number of aromatic nitrogens is 1. The summed E-state index contributed by atoms with van der Waals surface area (Å²) in [4.78, 5) is 16.5. The average Bonchev–Trinajstić information content (AvgIpc) is 3.08. The number of thiophene rings is 1. The molecule has 30 heavy (non-hydrogen) atoms. The molecule has 160 valence electrons. The molecule has 0 saturated carbocycles. The third kappa shape index (κ3) is 4.71. The second kappa shape index (κ2) is 7.52. The van der Waals surface area contributed by atoms with Crippen molar-refractivity contribution in [1.82, 2.24) is 15.2 Å². The highest BCUT2D eigenvalue weighted by atomic mass is 32.2. The molecule has 0 fully saturated rings. The molecular formula is C16H9F6N3O3S2. The van der Waals surface area contributed by atoms with Crippen molar-refractivity contribution in [2.75, 3.05) is 0 Å². The number of rotatable bonds is 4. The molecule has 1 amide bonds. The minimum atomic E-state index is -4.77. The van der Waals surface area contributed by atoms with Crippen LogP contribution < -0.4 is 10.3 Å². The van der Waals surface area contributed by atoms with Crippen molar-refractivity contribution in [2.45, 2.75) is 17.2 Å². The minimum absolute atomic E-state index is 0.0377. The Kier molecular flexibility index (Phi) is 5.51. The molecule has 14 heteroatoms. The van der Waals surface area contributed by atoms with E-state index in [2.05, 4.69) is 4.98 Å². The number of nitrogens with zero attached hydrogens (tertiary/aromatic N) is 1. The number of fused-ring (bicyclic) bond motifs is 1. The van der Waals surface area contributed by atoms with Crippen LogP contribution in [0.3, 0.4) is 0 Å². The van der Waals surface area contributed by atoms with Crippen molar-refractivity contribution in [1.29, 1.82) is 0 Å². The van der Waals surface area contributed by atoms with Gasteiger partial charge in [0.2, 0.25) is 0 Å². The Hall–Kier alpha value is -2.71. The van der Waals surface area contributed by atoms with E-state index in [1.807, 2.05) is 0 Å². The first-order chi connectivity index (χ1) is 13.8. The average molecular weight is 469 g/mol. The first-order valence-corrected chi connectivity index (χ1v) is 10.0. The molecule has 0 saturated heterocycles. The van der Waals surface area contributed by atoms with Crippen LogP contribution in [0.4, 0.5) is 26.3 Å². The van der Waals surface area contributed by atoms with Crippen molar-refractivity contribution in [3.63, 3.8) is 0 Å². The van der Waals surface area contributed by atoms with E-state index in [0.29, 0.717) is 29.7 Å². The number of pyridine rings is 1. The maximum Gasteiger partial charge on any atom is 0.417 e. The zero-order chi connectivity index (χ0) is 22.3. The first-order valence-electron chi connectivity index (χ1n) is 7.73. The molecule has 0 aliphatic carbocycles. The number of amides is 1. The highest BCUT2D eigenvalue weighted by Gasteiger charge is 2.32. The Morgan fingerprint density at radius 2 is 1.63 bits per heavy atom. The number of sulfonamides is 1. The molecule has 3 rings (SSSR count). The van der Waals surface area contributed by atoms with Gasteiger partial charge in [-0.25, -0.2) is 8.42 Å². The molecule has 0 aliphatic heterocycles. The monoisotopic (exact) mass is 469 g/mol. The van der Waals surface area contributed by atoms with E-state index in [1.54, 1.807) is 10.3 Å². The van der Waals surface area contributed by atoms with Crippen molar-refractivity contribution in [3.05, 3.63) is 58.6 Å². The van der Waals surface area contributed by atoms with Gasteiger partial charge in [-0.2, -0.15) is 26.3 Å². The van der Waals surface area contributed by atoms with Gasteiger partial charge in [-0.05, 0) is 30.3 Å². The summed E-state index contributed by atoms with van der Waals surface area (Å²) in [6.45, 7) is 0. The van der Waals surface area contributed by atoms with Gasteiger partial charge in [0.1, 0.15) is 0 Å². The third-order valence-corrected chi connectivity index (χ3v) is 6.01. The standard InChI is InChI=1S/C16H9F6N3O3S2/c17-15(18,19)8-2-1-3-10(4-8)30(27,28)25-24-14(26)13-6-11-12(29-13)5-9(7-23-11)16(20,21)22/h1-7,25H,(H,24,26). The second-order valence-electron chi connectivity index (χ2n) is 5.80. The Labute approximate surface area is 168 Å². The number of hydrogen-bond acceptors (Lipinski definition) is 5. The van der Waals surface area contributed by atoms with Gasteiger partial charge in [0, 0.05) is 6.20 Å². The van der Waals surface area contributed by atoms with Crippen LogP contribution in [0.2, 0.25) is 0 Å². The Morgan fingerprint density at radius 3 is 2.27 bits per heavy atom. The van der Waals surface area contributed by atoms with Gasteiger partial charge in [-0.15, -0.1) is 16.2 Å². The largest absolute Gasteiger partial charge is 0.417 e. The number of hydrazine groups is 1. The smallest absolute Gasteiger partial charge is 0.273 e. The zero-order valence-electron chi connectivity index (χ0n) is 14.3. The quantitative estimate of drug-likeness (QED) is 0.447. The fraction of sp³-hybridized carbons (Fsp3) is 0.125. The van der Waals surface area contributed by atoms with Crippen LogP contribution in [0, 0.1) is 0 Å². The third-order valence-electron chi connectivity index (χ3n) is 3.69. The van der Waals surface area contributed by atoms with Crippen LogP contribution in [0.15, 0.2) is 47.5 Å². The molecule has 3 aromatic rings. The van der Waals surface area contributed by atoms with Gasteiger partial charge < -0.3 is 0 Å². The van der Waals surface area contributed by atoms with Gasteiger partial charge in [0.05, 0.1) is 31.1 Å². The lowest BCUT2D eigenvalue weighted by Crippen LogP contribution is -2.41. The second-order valence-corrected chi connectivity index (χ2v) is 8.57. The summed E-state index contributed by atoms with van der Waals surface area (Å²) in [5, 5.41) is 0. The number of alkyl halides is 6. The fourth-order valence-corrected chi connectivity index (χ4v) is 4.10. The number of benzene rings is 1. The Morgan fingerprint density at radius 1 is 0.967 bits per heavy atom. The van der Waals surface area contributed by atoms with E-state index >= 15 is 0 Å². The molecule has 2 heterocycles. The molecule has 0 unspecified atom stereocenters. The van der Waals surface area contributed by atoms with Crippen LogP contribution in [-0.4, -0.2) is 19.3 Å². The Bertz CT molecular complexity index is 1220. The van der Waals surface area contributed by atoms with Crippen molar-refractivity contribution < 1.29 is 39.6 Å². The summed E-state index contributed by atoms with van der Waals surface area (Å²) in [6.07, 6.45) is -8.81.